The first-order valence-electron chi connectivity index (χ1n) is 8.79. The fourth-order valence-electron chi connectivity index (χ4n) is 2.44. The largest absolute Gasteiger partial charge is 0.494 e. The summed E-state index contributed by atoms with van der Waals surface area (Å²) >= 11 is 0. The second kappa shape index (κ2) is 12.1. The van der Waals surface area contributed by atoms with E-state index in [1.165, 1.54) is 38.5 Å². The van der Waals surface area contributed by atoms with Crippen molar-refractivity contribution in [1.29, 1.82) is 0 Å². The summed E-state index contributed by atoms with van der Waals surface area (Å²) in [7, 11) is 0. The van der Waals surface area contributed by atoms with E-state index >= 15 is 0 Å². The minimum absolute atomic E-state index is 0.107. The lowest BCUT2D eigenvalue weighted by atomic mass is 10.1. The van der Waals surface area contributed by atoms with E-state index in [0.717, 1.165) is 24.3 Å². The molecule has 0 aliphatic heterocycles. The van der Waals surface area contributed by atoms with Crippen LogP contribution in [-0.2, 0) is 4.79 Å². The van der Waals surface area contributed by atoms with E-state index in [2.05, 4.69) is 12.2 Å². The van der Waals surface area contributed by atoms with Crippen LogP contribution in [0.1, 0.15) is 71.6 Å². The highest BCUT2D eigenvalue weighted by Gasteiger charge is 2.02. The predicted octanol–water partition coefficient (Wildman–Crippen LogP) is 5.55. The Balaban J connectivity index is 2.08. The van der Waals surface area contributed by atoms with Crippen LogP contribution in [0.25, 0.3) is 0 Å². The van der Waals surface area contributed by atoms with Crippen molar-refractivity contribution in [3.05, 3.63) is 24.3 Å². The molecule has 0 unspecified atom stereocenters. The quantitative estimate of drug-likeness (QED) is 0.514. The summed E-state index contributed by atoms with van der Waals surface area (Å²) in [6.45, 7) is 4.85. The second-order valence-corrected chi connectivity index (χ2v) is 5.73. The molecule has 0 aromatic heterocycles. The van der Waals surface area contributed by atoms with Crippen molar-refractivity contribution in [2.75, 3.05) is 11.9 Å². The lowest BCUT2D eigenvalue weighted by Gasteiger charge is -2.07. The van der Waals surface area contributed by atoms with Gasteiger partial charge in [-0.3, -0.25) is 4.79 Å². The van der Waals surface area contributed by atoms with Crippen LogP contribution in [0.3, 0.4) is 0 Å². The van der Waals surface area contributed by atoms with Crippen LogP contribution >= 0.6 is 0 Å². The van der Waals surface area contributed by atoms with Crippen molar-refractivity contribution in [3.8, 4) is 5.75 Å². The number of hydrogen-bond acceptors (Lipinski definition) is 2. The molecule has 0 aliphatic rings. The maximum atomic E-state index is 11.9. The lowest BCUT2D eigenvalue weighted by Crippen LogP contribution is -2.10. The van der Waals surface area contributed by atoms with Gasteiger partial charge in [-0.05, 0) is 37.6 Å². The van der Waals surface area contributed by atoms with E-state index in [0.29, 0.717) is 13.0 Å². The summed E-state index contributed by atoms with van der Waals surface area (Å²) in [6, 6.07) is 7.54. The van der Waals surface area contributed by atoms with Crippen molar-refractivity contribution in [1.82, 2.24) is 0 Å². The summed E-state index contributed by atoms with van der Waals surface area (Å²) in [4.78, 5) is 11.9. The normalized spacial score (nSPS) is 10.5. The highest BCUT2D eigenvalue weighted by molar-refractivity contribution is 5.90. The molecule has 22 heavy (non-hydrogen) atoms. The van der Waals surface area contributed by atoms with Crippen molar-refractivity contribution < 1.29 is 9.53 Å². The molecule has 0 saturated carbocycles. The number of benzene rings is 1. The van der Waals surface area contributed by atoms with E-state index in [1.807, 2.05) is 31.2 Å². The minimum atomic E-state index is 0.107. The Morgan fingerprint density at radius 3 is 2.09 bits per heavy atom. The van der Waals surface area contributed by atoms with Crippen LogP contribution in [0.15, 0.2) is 24.3 Å². The first-order valence-corrected chi connectivity index (χ1v) is 8.79. The number of carbonyl (C=O) groups is 1. The number of amides is 1. The standard InChI is InChI=1S/C19H31NO2/c1-3-5-6-7-8-9-10-11-12-19(21)20-17-13-15-18(16-14-17)22-4-2/h13-16H,3-12H2,1-2H3,(H,20,21). The topological polar surface area (TPSA) is 38.3 Å². The van der Waals surface area contributed by atoms with Crippen LogP contribution < -0.4 is 10.1 Å². The van der Waals surface area contributed by atoms with Gasteiger partial charge in [-0.25, -0.2) is 0 Å². The maximum absolute atomic E-state index is 11.9. The molecule has 0 radical (unpaired) electrons. The van der Waals surface area contributed by atoms with Gasteiger partial charge in [-0.15, -0.1) is 0 Å². The smallest absolute Gasteiger partial charge is 0.224 e. The second-order valence-electron chi connectivity index (χ2n) is 5.73. The number of carbonyl (C=O) groups excluding carboxylic acids is 1. The average Bonchev–Trinajstić information content (AvgIpc) is 2.52. The monoisotopic (exact) mass is 305 g/mol. The molecule has 0 bridgehead atoms. The number of ether oxygens (including phenoxy) is 1. The van der Waals surface area contributed by atoms with Gasteiger partial charge in [0.15, 0.2) is 0 Å². The zero-order valence-electron chi connectivity index (χ0n) is 14.2. The molecular weight excluding hydrogens is 274 g/mol. The van der Waals surface area contributed by atoms with Crippen LogP contribution in [0.2, 0.25) is 0 Å². The SMILES string of the molecule is CCCCCCCCCCC(=O)Nc1ccc(OCC)cc1. The van der Waals surface area contributed by atoms with Crippen molar-refractivity contribution >= 4 is 11.6 Å². The molecule has 1 aromatic carbocycles. The van der Waals surface area contributed by atoms with Crippen LogP contribution in [-0.4, -0.2) is 12.5 Å². The number of hydrogen-bond donors (Lipinski definition) is 1. The third kappa shape index (κ3) is 8.71. The fourth-order valence-corrected chi connectivity index (χ4v) is 2.44. The zero-order valence-corrected chi connectivity index (χ0v) is 14.2. The molecule has 1 amide bonds. The predicted molar refractivity (Wildman–Crippen MR) is 93.5 cm³/mol. The summed E-state index contributed by atoms with van der Waals surface area (Å²) < 4.78 is 5.38. The number of rotatable bonds is 12. The average molecular weight is 305 g/mol. The molecule has 1 rings (SSSR count). The van der Waals surface area contributed by atoms with Gasteiger partial charge in [-0.2, -0.15) is 0 Å². The molecule has 0 aliphatic carbocycles. The number of nitrogens with one attached hydrogen (secondary N) is 1. The lowest BCUT2D eigenvalue weighted by molar-refractivity contribution is -0.116. The first-order chi connectivity index (χ1) is 10.8. The maximum Gasteiger partial charge on any atom is 0.224 e. The minimum Gasteiger partial charge on any atom is -0.494 e. The summed E-state index contributed by atoms with van der Waals surface area (Å²) in [6.07, 6.45) is 10.7. The Bertz CT molecular complexity index is 400. The zero-order chi connectivity index (χ0) is 16.0. The summed E-state index contributed by atoms with van der Waals surface area (Å²) in [5, 5.41) is 2.94. The van der Waals surface area contributed by atoms with Gasteiger partial charge in [0.1, 0.15) is 5.75 Å². The Hall–Kier alpha value is -1.51. The summed E-state index contributed by atoms with van der Waals surface area (Å²) in [5.41, 5.74) is 0.841. The molecule has 1 aromatic rings. The van der Waals surface area contributed by atoms with Gasteiger partial charge in [0.2, 0.25) is 5.91 Å². The molecule has 0 spiro atoms. The van der Waals surface area contributed by atoms with Gasteiger partial charge < -0.3 is 10.1 Å². The van der Waals surface area contributed by atoms with Gasteiger partial charge in [0.05, 0.1) is 6.61 Å². The van der Waals surface area contributed by atoms with Gasteiger partial charge in [-0.1, -0.05) is 51.9 Å². The van der Waals surface area contributed by atoms with E-state index < -0.39 is 0 Å². The number of anilines is 1. The Morgan fingerprint density at radius 2 is 1.50 bits per heavy atom. The number of unbranched alkanes of at least 4 members (excludes halogenated alkanes) is 7. The van der Waals surface area contributed by atoms with E-state index in [9.17, 15) is 4.79 Å². The van der Waals surface area contributed by atoms with Crippen molar-refractivity contribution in [2.24, 2.45) is 0 Å². The third-order valence-corrected chi connectivity index (χ3v) is 3.71. The molecule has 3 nitrogen and oxygen atoms in total. The fraction of sp³-hybridized carbons (Fsp3) is 0.632. The van der Waals surface area contributed by atoms with Crippen molar-refractivity contribution in [2.45, 2.75) is 71.6 Å². The molecule has 1 N–H and O–H groups in total. The summed E-state index contributed by atoms with van der Waals surface area (Å²) in [5.74, 6) is 0.943. The highest BCUT2D eigenvalue weighted by Crippen LogP contribution is 2.16. The van der Waals surface area contributed by atoms with E-state index in [4.69, 9.17) is 4.74 Å². The Kier molecular flexibility index (Phi) is 10.2. The van der Waals surface area contributed by atoms with Gasteiger partial charge in [0, 0.05) is 12.1 Å². The highest BCUT2D eigenvalue weighted by atomic mass is 16.5. The van der Waals surface area contributed by atoms with Crippen LogP contribution in [0.4, 0.5) is 5.69 Å². The molecule has 0 atom stereocenters. The first kappa shape index (κ1) is 18.5. The van der Waals surface area contributed by atoms with Crippen LogP contribution in [0.5, 0.6) is 5.75 Å². The molecule has 0 heterocycles. The van der Waals surface area contributed by atoms with Gasteiger partial charge >= 0.3 is 0 Å². The Labute approximate surface area is 135 Å². The van der Waals surface area contributed by atoms with E-state index in [-0.39, 0.29) is 5.91 Å². The molecule has 0 fully saturated rings. The van der Waals surface area contributed by atoms with Gasteiger partial charge in [0.25, 0.3) is 0 Å². The molecule has 3 heteroatoms. The van der Waals surface area contributed by atoms with E-state index in [1.54, 1.807) is 0 Å². The third-order valence-electron chi connectivity index (χ3n) is 3.71. The molecular formula is C19H31NO2. The molecule has 0 saturated heterocycles. The molecule has 124 valence electrons. The van der Waals surface area contributed by atoms with Crippen molar-refractivity contribution in [3.63, 3.8) is 0 Å². The Morgan fingerprint density at radius 1 is 0.909 bits per heavy atom. The van der Waals surface area contributed by atoms with Crippen LogP contribution in [0, 0.1) is 0 Å².